The average molecular weight is 216 g/mol. The van der Waals surface area contributed by atoms with Gasteiger partial charge in [-0.15, -0.1) is 12.3 Å². The Kier molecular flexibility index (Phi) is 5.01. The Balaban J connectivity index is 2.87. The minimum atomic E-state index is 0.349. The molecule has 0 amide bonds. The number of nitrogens with one attached hydrogen (secondary N) is 1. The second-order valence-corrected chi connectivity index (χ2v) is 4.04. The van der Waals surface area contributed by atoms with Crippen molar-refractivity contribution in [3.05, 3.63) is 29.1 Å². The van der Waals surface area contributed by atoms with Gasteiger partial charge in [0.2, 0.25) is 0 Å². The summed E-state index contributed by atoms with van der Waals surface area (Å²) in [6.07, 6.45) is 7.10. The molecule has 0 aliphatic rings. The molecule has 0 aliphatic heterocycles. The van der Waals surface area contributed by atoms with Gasteiger partial charge in [-0.2, -0.15) is 0 Å². The van der Waals surface area contributed by atoms with Gasteiger partial charge in [-0.1, -0.05) is 6.92 Å². The van der Waals surface area contributed by atoms with Crippen LogP contribution >= 0.6 is 0 Å². The van der Waals surface area contributed by atoms with Gasteiger partial charge < -0.3 is 5.32 Å². The van der Waals surface area contributed by atoms with Crippen LogP contribution in [-0.2, 0) is 0 Å². The van der Waals surface area contributed by atoms with Crippen molar-refractivity contribution in [2.75, 3.05) is 6.54 Å². The van der Waals surface area contributed by atoms with Crippen LogP contribution in [0.2, 0.25) is 0 Å². The fourth-order valence-corrected chi connectivity index (χ4v) is 1.93. The van der Waals surface area contributed by atoms with Crippen LogP contribution in [0.15, 0.2) is 12.1 Å². The van der Waals surface area contributed by atoms with Crippen molar-refractivity contribution in [3.63, 3.8) is 0 Å². The lowest BCUT2D eigenvalue weighted by Gasteiger charge is -2.18. The number of hydrogen-bond acceptors (Lipinski definition) is 2. The van der Waals surface area contributed by atoms with Crippen molar-refractivity contribution in [2.45, 2.75) is 39.7 Å². The molecule has 16 heavy (non-hydrogen) atoms. The molecule has 0 aromatic carbocycles. The highest BCUT2D eigenvalue weighted by molar-refractivity contribution is 5.23. The average Bonchev–Trinajstić information content (AvgIpc) is 2.22. The molecule has 1 unspecified atom stereocenters. The molecular formula is C14H20N2. The van der Waals surface area contributed by atoms with E-state index in [-0.39, 0.29) is 0 Å². The van der Waals surface area contributed by atoms with Gasteiger partial charge in [0.15, 0.2) is 0 Å². The van der Waals surface area contributed by atoms with E-state index in [0.717, 1.165) is 30.8 Å². The van der Waals surface area contributed by atoms with Gasteiger partial charge in [-0.25, -0.2) is 0 Å². The molecule has 2 heteroatoms. The first kappa shape index (κ1) is 12.7. The third-order valence-electron chi connectivity index (χ3n) is 2.53. The molecule has 86 valence electrons. The highest BCUT2D eigenvalue weighted by Gasteiger charge is 2.10. The van der Waals surface area contributed by atoms with Crippen LogP contribution in [0.5, 0.6) is 0 Å². The van der Waals surface area contributed by atoms with Gasteiger partial charge >= 0.3 is 0 Å². The Bertz CT molecular complexity index is 357. The lowest BCUT2D eigenvalue weighted by Crippen LogP contribution is -2.21. The Labute approximate surface area is 98.5 Å². The van der Waals surface area contributed by atoms with Crippen LogP contribution in [0.3, 0.4) is 0 Å². The maximum atomic E-state index is 5.32. The molecule has 1 aromatic rings. The topological polar surface area (TPSA) is 24.9 Å². The first-order chi connectivity index (χ1) is 7.67. The molecular weight excluding hydrogens is 196 g/mol. The van der Waals surface area contributed by atoms with Gasteiger partial charge in [0.1, 0.15) is 0 Å². The van der Waals surface area contributed by atoms with Gasteiger partial charge in [-0.3, -0.25) is 4.98 Å². The largest absolute Gasteiger partial charge is 0.310 e. The molecule has 0 fully saturated rings. The zero-order chi connectivity index (χ0) is 12.0. The molecule has 1 heterocycles. The Hall–Kier alpha value is -1.33. The van der Waals surface area contributed by atoms with Crippen LogP contribution in [0.25, 0.3) is 0 Å². The fourth-order valence-electron chi connectivity index (χ4n) is 1.93. The van der Waals surface area contributed by atoms with E-state index in [9.17, 15) is 0 Å². The maximum absolute atomic E-state index is 5.32. The predicted octanol–water partition coefficient (Wildman–Crippen LogP) is 2.76. The number of hydrogen-bond donors (Lipinski definition) is 1. The second kappa shape index (κ2) is 6.30. The van der Waals surface area contributed by atoms with Gasteiger partial charge in [-0.05, 0) is 44.5 Å². The first-order valence-electron chi connectivity index (χ1n) is 5.79. The smallest absolute Gasteiger partial charge is 0.0379 e. The zero-order valence-corrected chi connectivity index (χ0v) is 10.4. The quantitative estimate of drug-likeness (QED) is 0.766. The summed E-state index contributed by atoms with van der Waals surface area (Å²) in [5, 5.41) is 3.46. The fraction of sp³-hybridized carbons (Fsp3) is 0.500. The summed E-state index contributed by atoms with van der Waals surface area (Å²) in [6, 6.07) is 4.62. The number of aromatic nitrogens is 1. The van der Waals surface area contributed by atoms with Crippen LogP contribution < -0.4 is 5.32 Å². The lowest BCUT2D eigenvalue weighted by molar-refractivity contribution is 0.521. The summed E-state index contributed by atoms with van der Waals surface area (Å²) in [6.45, 7) is 7.13. The van der Waals surface area contributed by atoms with E-state index < -0.39 is 0 Å². The monoisotopic (exact) mass is 216 g/mol. The molecule has 0 spiro atoms. The Morgan fingerprint density at radius 3 is 2.50 bits per heavy atom. The first-order valence-corrected chi connectivity index (χ1v) is 5.79. The predicted molar refractivity (Wildman–Crippen MR) is 68.2 cm³/mol. The van der Waals surface area contributed by atoms with E-state index in [4.69, 9.17) is 6.42 Å². The molecule has 2 nitrogen and oxygen atoms in total. The minimum Gasteiger partial charge on any atom is -0.310 e. The summed E-state index contributed by atoms with van der Waals surface area (Å²) in [4.78, 5) is 4.39. The van der Waals surface area contributed by atoms with Crippen LogP contribution in [0.1, 0.15) is 42.8 Å². The normalized spacial score (nSPS) is 12.1. The summed E-state index contributed by atoms with van der Waals surface area (Å²) < 4.78 is 0. The van der Waals surface area contributed by atoms with E-state index in [2.05, 4.69) is 35.3 Å². The second-order valence-electron chi connectivity index (χ2n) is 4.04. The van der Waals surface area contributed by atoms with E-state index in [1.165, 1.54) is 5.56 Å². The van der Waals surface area contributed by atoms with Crippen LogP contribution in [-0.4, -0.2) is 11.5 Å². The Morgan fingerprint density at radius 1 is 1.38 bits per heavy atom. The van der Waals surface area contributed by atoms with Gasteiger partial charge in [0.05, 0.1) is 0 Å². The maximum Gasteiger partial charge on any atom is 0.0379 e. The van der Waals surface area contributed by atoms with E-state index in [1.54, 1.807) is 0 Å². The van der Waals surface area contributed by atoms with Crippen molar-refractivity contribution in [2.24, 2.45) is 0 Å². The lowest BCUT2D eigenvalue weighted by atomic mass is 10.0. The van der Waals surface area contributed by atoms with Gasteiger partial charge in [0.25, 0.3) is 0 Å². The number of terminal acetylenes is 1. The van der Waals surface area contributed by atoms with E-state index in [1.807, 2.05) is 13.8 Å². The van der Waals surface area contributed by atoms with Crippen molar-refractivity contribution < 1.29 is 0 Å². The van der Waals surface area contributed by atoms with E-state index >= 15 is 0 Å². The van der Waals surface area contributed by atoms with Gasteiger partial charge in [0, 0.05) is 23.9 Å². The highest BCUT2D eigenvalue weighted by atomic mass is 14.9. The van der Waals surface area contributed by atoms with Crippen LogP contribution in [0, 0.1) is 26.2 Å². The molecule has 1 rings (SSSR count). The third-order valence-corrected chi connectivity index (χ3v) is 2.53. The number of nitrogens with zero attached hydrogens (tertiary/aromatic N) is 1. The molecule has 1 aromatic heterocycles. The number of pyridine rings is 1. The SMILES string of the molecule is C#CCCC(NCC)c1cc(C)nc(C)c1. The molecule has 0 saturated carbocycles. The van der Waals surface area contributed by atoms with Crippen LogP contribution in [0.4, 0.5) is 0 Å². The Morgan fingerprint density at radius 2 is 2.00 bits per heavy atom. The molecule has 1 atom stereocenters. The molecule has 0 bridgehead atoms. The van der Waals surface area contributed by atoms with Crippen molar-refractivity contribution in [3.8, 4) is 12.3 Å². The molecule has 0 saturated heterocycles. The summed E-state index contributed by atoms with van der Waals surface area (Å²) in [7, 11) is 0. The highest BCUT2D eigenvalue weighted by Crippen LogP contribution is 2.19. The summed E-state index contributed by atoms with van der Waals surface area (Å²) in [5.41, 5.74) is 3.43. The van der Waals surface area contributed by atoms with Crippen molar-refractivity contribution in [1.82, 2.24) is 10.3 Å². The standard InChI is InChI=1S/C14H20N2/c1-5-7-8-14(15-6-2)13-9-11(3)16-12(4)10-13/h1,9-10,14-15H,6-8H2,2-4H3. The zero-order valence-electron chi connectivity index (χ0n) is 10.4. The third kappa shape index (κ3) is 3.67. The van der Waals surface area contributed by atoms with Crippen molar-refractivity contribution >= 4 is 0 Å². The summed E-state index contributed by atoms with van der Waals surface area (Å²) >= 11 is 0. The number of rotatable bonds is 5. The minimum absolute atomic E-state index is 0.349. The van der Waals surface area contributed by atoms with Crippen molar-refractivity contribution in [1.29, 1.82) is 0 Å². The number of aryl methyl sites for hydroxylation is 2. The summed E-state index contributed by atoms with van der Waals surface area (Å²) in [5.74, 6) is 2.70. The molecule has 1 N–H and O–H groups in total. The molecule has 0 aliphatic carbocycles. The van der Waals surface area contributed by atoms with E-state index in [0.29, 0.717) is 6.04 Å². The molecule has 0 radical (unpaired) electrons.